The number of carbonyl (C=O) groups excluding carboxylic acids is 3. The predicted molar refractivity (Wildman–Crippen MR) is 92.1 cm³/mol. The molecule has 0 radical (unpaired) electrons. The lowest BCUT2D eigenvalue weighted by Crippen LogP contribution is -2.60. The van der Waals surface area contributed by atoms with Crippen molar-refractivity contribution in [2.24, 2.45) is 0 Å². The van der Waals surface area contributed by atoms with E-state index in [0.29, 0.717) is 31.7 Å². The Morgan fingerprint density at radius 1 is 1.04 bits per heavy atom. The Hall–Kier alpha value is -2.92. The number of nitriles is 1. The van der Waals surface area contributed by atoms with E-state index in [-0.39, 0.29) is 23.9 Å². The van der Waals surface area contributed by atoms with Gasteiger partial charge >= 0.3 is 6.03 Å². The van der Waals surface area contributed by atoms with Crippen molar-refractivity contribution in [3.05, 3.63) is 29.8 Å². The molecule has 134 valence electrons. The van der Waals surface area contributed by atoms with E-state index in [1.165, 1.54) is 0 Å². The van der Waals surface area contributed by atoms with Crippen LogP contribution in [0.15, 0.2) is 24.3 Å². The molecule has 3 aliphatic heterocycles. The first-order valence-electron chi connectivity index (χ1n) is 8.75. The molecule has 2 unspecified atom stereocenters. The van der Waals surface area contributed by atoms with Crippen LogP contribution in [-0.2, 0) is 9.59 Å². The van der Waals surface area contributed by atoms with E-state index in [1.807, 2.05) is 4.90 Å². The molecule has 8 heteroatoms. The molecular formula is C18H19N5O3. The highest BCUT2D eigenvalue weighted by molar-refractivity contribution is 6.04. The lowest BCUT2D eigenvalue weighted by molar-refractivity contribution is -0.129. The number of nitrogens with zero attached hydrogens (tertiary/aromatic N) is 4. The summed E-state index contributed by atoms with van der Waals surface area (Å²) < 4.78 is 0. The normalized spacial score (nSPS) is 26.5. The summed E-state index contributed by atoms with van der Waals surface area (Å²) in [4.78, 5) is 42.1. The lowest BCUT2D eigenvalue weighted by atomic mass is 10.00. The van der Waals surface area contributed by atoms with E-state index in [9.17, 15) is 14.4 Å². The number of rotatable bonds is 2. The first-order valence-corrected chi connectivity index (χ1v) is 8.75. The van der Waals surface area contributed by atoms with Crippen LogP contribution >= 0.6 is 0 Å². The zero-order valence-electron chi connectivity index (χ0n) is 14.2. The second-order valence-corrected chi connectivity index (χ2v) is 6.81. The van der Waals surface area contributed by atoms with Crippen molar-refractivity contribution in [2.75, 3.05) is 31.1 Å². The first kappa shape index (κ1) is 16.5. The standard InChI is InChI=1S/C18H19N5O3/c19-10-12-3-5-13(6-4-12)22-7-1-2-14(17(22)25)21-8-9-23-15(11-21)16(24)20-18(23)26/h3-6,14-15H,1-2,7-9,11H2,(H,20,24,26). The summed E-state index contributed by atoms with van der Waals surface area (Å²) in [5, 5.41) is 11.3. The molecule has 0 aromatic heterocycles. The summed E-state index contributed by atoms with van der Waals surface area (Å²) in [5.74, 6) is -0.272. The van der Waals surface area contributed by atoms with E-state index in [0.717, 1.165) is 18.5 Å². The van der Waals surface area contributed by atoms with Crippen LogP contribution in [0, 0.1) is 11.3 Å². The topological polar surface area (TPSA) is 96.8 Å². The van der Waals surface area contributed by atoms with Gasteiger partial charge < -0.3 is 9.80 Å². The molecule has 3 saturated heterocycles. The molecule has 3 fully saturated rings. The minimum absolute atomic E-state index is 0.0131. The zero-order valence-corrected chi connectivity index (χ0v) is 14.2. The monoisotopic (exact) mass is 353 g/mol. The number of nitrogens with one attached hydrogen (secondary N) is 1. The number of piperidine rings is 1. The van der Waals surface area contributed by atoms with Gasteiger partial charge in [-0.05, 0) is 37.1 Å². The largest absolute Gasteiger partial charge is 0.324 e. The number of carbonyl (C=O) groups is 3. The lowest BCUT2D eigenvalue weighted by Gasteiger charge is -2.43. The molecule has 4 rings (SSSR count). The number of piperazine rings is 1. The van der Waals surface area contributed by atoms with Crippen LogP contribution in [0.4, 0.5) is 10.5 Å². The van der Waals surface area contributed by atoms with Gasteiger partial charge in [0.2, 0.25) is 5.91 Å². The van der Waals surface area contributed by atoms with Gasteiger partial charge in [0.15, 0.2) is 0 Å². The van der Waals surface area contributed by atoms with Gasteiger partial charge in [-0.25, -0.2) is 4.79 Å². The summed E-state index contributed by atoms with van der Waals surface area (Å²) in [6.45, 7) is 2.05. The van der Waals surface area contributed by atoms with Gasteiger partial charge in [-0.15, -0.1) is 0 Å². The Morgan fingerprint density at radius 3 is 2.54 bits per heavy atom. The number of hydrogen-bond acceptors (Lipinski definition) is 5. The van der Waals surface area contributed by atoms with Crippen LogP contribution in [0.1, 0.15) is 18.4 Å². The molecule has 0 aliphatic carbocycles. The molecule has 0 spiro atoms. The van der Waals surface area contributed by atoms with Crippen molar-refractivity contribution in [3.8, 4) is 6.07 Å². The Labute approximate surface area is 150 Å². The molecule has 0 saturated carbocycles. The number of urea groups is 1. The first-order chi connectivity index (χ1) is 12.6. The summed E-state index contributed by atoms with van der Waals surface area (Å²) in [7, 11) is 0. The summed E-state index contributed by atoms with van der Waals surface area (Å²) in [6.07, 6.45) is 1.61. The number of anilines is 1. The molecule has 0 bridgehead atoms. The van der Waals surface area contributed by atoms with Crippen molar-refractivity contribution < 1.29 is 14.4 Å². The second-order valence-electron chi connectivity index (χ2n) is 6.81. The molecule has 3 aliphatic rings. The molecule has 1 aromatic rings. The van der Waals surface area contributed by atoms with Crippen LogP contribution in [-0.4, -0.2) is 65.9 Å². The van der Waals surface area contributed by atoms with Gasteiger partial charge in [-0.3, -0.25) is 19.8 Å². The van der Waals surface area contributed by atoms with Crippen LogP contribution < -0.4 is 10.2 Å². The molecule has 2 atom stereocenters. The quantitative estimate of drug-likeness (QED) is 0.771. The number of benzene rings is 1. The fourth-order valence-corrected chi connectivity index (χ4v) is 3.98. The molecule has 3 heterocycles. The minimum Gasteiger partial charge on any atom is -0.311 e. The van der Waals surface area contributed by atoms with E-state index >= 15 is 0 Å². The SMILES string of the molecule is N#Cc1ccc(N2CCCC(N3CCN4C(=O)NC(=O)C4C3)C2=O)cc1. The molecule has 26 heavy (non-hydrogen) atoms. The highest BCUT2D eigenvalue weighted by atomic mass is 16.2. The third-order valence-electron chi connectivity index (χ3n) is 5.36. The zero-order chi connectivity index (χ0) is 18.3. The average molecular weight is 353 g/mol. The fourth-order valence-electron chi connectivity index (χ4n) is 3.98. The molecule has 4 amide bonds. The Morgan fingerprint density at radius 2 is 1.81 bits per heavy atom. The van der Waals surface area contributed by atoms with E-state index in [1.54, 1.807) is 34.1 Å². The highest BCUT2D eigenvalue weighted by Gasteiger charge is 2.45. The molecule has 1 aromatic carbocycles. The Balaban J connectivity index is 1.50. The van der Waals surface area contributed by atoms with Crippen LogP contribution in [0.2, 0.25) is 0 Å². The van der Waals surface area contributed by atoms with E-state index < -0.39 is 6.04 Å². The Kier molecular flexibility index (Phi) is 4.09. The summed E-state index contributed by atoms with van der Waals surface area (Å²) in [5.41, 5.74) is 1.34. The highest BCUT2D eigenvalue weighted by Crippen LogP contribution is 2.26. The third-order valence-corrected chi connectivity index (χ3v) is 5.36. The second kappa shape index (κ2) is 6.42. The number of fused-ring (bicyclic) bond motifs is 1. The Bertz CT molecular complexity index is 800. The summed E-state index contributed by atoms with van der Waals surface area (Å²) >= 11 is 0. The van der Waals surface area contributed by atoms with Gasteiger partial charge in [0.25, 0.3) is 5.91 Å². The van der Waals surface area contributed by atoms with Gasteiger partial charge in [0.05, 0.1) is 17.7 Å². The predicted octanol–water partition coefficient (Wildman–Crippen LogP) is 0.290. The van der Waals surface area contributed by atoms with Crippen molar-refractivity contribution in [1.82, 2.24) is 15.1 Å². The smallest absolute Gasteiger partial charge is 0.311 e. The number of hydrogen-bond donors (Lipinski definition) is 1. The van der Waals surface area contributed by atoms with Crippen molar-refractivity contribution in [1.29, 1.82) is 5.26 Å². The molecule has 8 nitrogen and oxygen atoms in total. The maximum absolute atomic E-state index is 13.1. The van der Waals surface area contributed by atoms with Crippen LogP contribution in [0.25, 0.3) is 0 Å². The van der Waals surface area contributed by atoms with Crippen LogP contribution in [0.3, 0.4) is 0 Å². The van der Waals surface area contributed by atoms with E-state index in [4.69, 9.17) is 5.26 Å². The van der Waals surface area contributed by atoms with Crippen molar-refractivity contribution >= 4 is 23.5 Å². The minimum atomic E-state index is -0.505. The van der Waals surface area contributed by atoms with Gasteiger partial charge in [0, 0.05) is 31.9 Å². The molecular weight excluding hydrogens is 334 g/mol. The van der Waals surface area contributed by atoms with E-state index in [2.05, 4.69) is 11.4 Å². The maximum Gasteiger partial charge on any atom is 0.324 e. The fraction of sp³-hybridized carbons (Fsp3) is 0.444. The van der Waals surface area contributed by atoms with Crippen LogP contribution in [0.5, 0.6) is 0 Å². The molecule has 1 N–H and O–H groups in total. The van der Waals surface area contributed by atoms with Crippen molar-refractivity contribution in [3.63, 3.8) is 0 Å². The van der Waals surface area contributed by atoms with Gasteiger partial charge in [-0.1, -0.05) is 0 Å². The van der Waals surface area contributed by atoms with Gasteiger partial charge in [0.1, 0.15) is 6.04 Å². The average Bonchev–Trinajstić information content (AvgIpc) is 2.95. The van der Waals surface area contributed by atoms with Gasteiger partial charge in [-0.2, -0.15) is 5.26 Å². The van der Waals surface area contributed by atoms with Crippen molar-refractivity contribution in [2.45, 2.75) is 24.9 Å². The summed E-state index contributed by atoms with van der Waals surface area (Å²) in [6, 6.07) is 7.94. The number of amides is 4. The maximum atomic E-state index is 13.1. The third kappa shape index (κ3) is 2.70. The number of imide groups is 1.